The average molecular weight is 603 g/mol. The minimum Gasteiger partial charge on any atom is -0.507 e. The molecule has 0 amide bonds. The fourth-order valence-corrected chi connectivity index (χ4v) is 5.48. The second kappa shape index (κ2) is 11.2. The van der Waals surface area contributed by atoms with Gasteiger partial charge in [0, 0.05) is 40.1 Å². The molecule has 10 heteroatoms. The van der Waals surface area contributed by atoms with Gasteiger partial charge in [-0.1, -0.05) is 18.2 Å². The topological polar surface area (TPSA) is 156 Å². The van der Waals surface area contributed by atoms with Crippen LogP contribution in [0.15, 0.2) is 82.0 Å². The number of benzene rings is 4. The molecule has 0 unspecified atom stereocenters. The number of nitrogens with zero attached hydrogens (tertiary/aromatic N) is 1. The number of aromatic nitrogens is 1. The molecule has 1 aromatic heterocycles. The zero-order chi connectivity index (χ0) is 32.0. The van der Waals surface area contributed by atoms with Gasteiger partial charge in [-0.15, -0.1) is 0 Å². The molecule has 3 N–H and O–H groups in total. The Morgan fingerprint density at radius 3 is 2.51 bits per heavy atom. The smallest absolute Gasteiger partial charge is 0.356 e. The highest BCUT2D eigenvalue weighted by atomic mass is 16.5. The average Bonchev–Trinajstić information content (AvgIpc) is 3.03. The molecule has 45 heavy (non-hydrogen) atoms. The van der Waals surface area contributed by atoms with E-state index in [-0.39, 0.29) is 51.7 Å². The van der Waals surface area contributed by atoms with Gasteiger partial charge in [-0.2, -0.15) is 0 Å². The minimum atomic E-state index is -1.17. The van der Waals surface area contributed by atoms with Crippen molar-refractivity contribution in [3.8, 4) is 28.2 Å². The third-order valence-corrected chi connectivity index (χ3v) is 7.75. The molecule has 0 saturated carbocycles. The van der Waals surface area contributed by atoms with E-state index in [2.05, 4.69) is 10.3 Å². The molecule has 0 atom stereocenters. The number of para-hydroxylation sites is 1. The summed E-state index contributed by atoms with van der Waals surface area (Å²) in [5.74, 6) is -1.93. The van der Waals surface area contributed by atoms with Crippen molar-refractivity contribution in [3.05, 3.63) is 111 Å². The summed E-state index contributed by atoms with van der Waals surface area (Å²) in [4.78, 5) is 54.1. The number of nitrogens with one attached hydrogen (secondary N) is 1. The van der Waals surface area contributed by atoms with E-state index in [9.17, 15) is 29.4 Å². The first-order valence-corrected chi connectivity index (χ1v) is 13.9. The van der Waals surface area contributed by atoms with Crippen LogP contribution in [0.25, 0.3) is 44.3 Å². The number of carbonyl (C=O) groups excluding carboxylic acids is 2. The van der Waals surface area contributed by atoms with Gasteiger partial charge in [0.25, 0.3) is 0 Å². The number of phenolic OH excluding ortho intramolecular Hbond substituents is 1. The standard InChI is InChI=1S/C35H26N2O8/c1-17-13-24-30(15-29(17)40)45-33-22(31(24)23-14-20(34(41)42)7-9-21(23)18(2)38)10-12-28(39)25(33)16-36-26-6-4-5-19-8-11-27(35(43)44-3)37-32(19)26/h4-15,36,39H,16H2,1-3H3,(H,41,42). The highest BCUT2D eigenvalue weighted by Gasteiger charge is 2.25. The van der Waals surface area contributed by atoms with Gasteiger partial charge in [0.15, 0.2) is 11.2 Å². The van der Waals surface area contributed by atoms with Crippen LogP contribution in [-0.4, -0.2) is 40.0 Å². The molecule has 2 aliphatic rings. The first-order chi connectivity index (χ1) is 21.6. The maximum atomic E-state index is 12.8. The molecule has 224 valence electrons. The molecule has 3 aromatic carbocycles. The summed E-state index contributed by atoms with van der Waals surface area (Å²) < 4.78 is 11.1. The van der Waals surface area contributed by atoms with Crippen molar-refractivity contribution in [2.24, 2.45) is 0 Å². The molecule has 0 fully saturated rings. The van der Waals surface area contributed by atoms with E-state index in [0.717, 1.165) is 5.39 Å². The molecular formula is C35H26N2O8. The number of anilines is 1. The molecule has 0 saturated heterocycles. The van der Waals surface area contributed by atoms with Crippen LogP contribution in [0, 0.1) is 6.92 Å². The van der Waals surface area contributed by atoms with E-state index in [1.807, 2.05) is 12.1 Å². The second-order valence-corrected chi connectivity index (χ2v) is 10.6. The van der Waals surface area contributed by atoms with Crippen molar-refractivity contribution in [3.63, 3.8) is 0 Å². The number of aromatic carboxylic acids is 1. The van der Waals surface area contributed by atoms with Crippen molar-refractivity contribution in [2.45, 2.75) is 20.4 Å². The number of methoxy groups -OCH3 is 1. The quantitative estimate of drug-likeness (QED) is 0.106. The SMILES string of the molecule is COC(=O)c1ccc2cccc(NCc3c(O)ccc4c(-c5cc(C(=O)O)ccc5C(C)=O)c5cc(C)c(=O)cc-5oc34)c2n1. The van der Waals surface area contributed by atoms with Crippen LogP contribution in [0.2, 0.25) is 0 Å². The number of carboxylic acid groups (broad SMARTS) is 1. The van der Waals surface area contributed by atoms with E-state index in [1.165, 1.54) is 44.4 Å². The van der Waals surface area contributed by atoms with E-state index in [1.54, 1.807) is 37.3 Å². The van der Waals surface area contributed by atoms with Gasteiger partial charge in [-0.05, 0) is 73.5 Å². The Kier molecular flexibility index (Phi) is 7.25. The monoisotopic (exact) mass is 602 g/mol. The maximum absolute atomic E-state index is 12.8. The lowest BCUT2D eigenvalue weighted by Crippen LogP contribution is -2.08. The summed E-state index contributed by atoms with van der Waals surface area (Å²) in [6.07, 6.45) is 0. The second-order valence-electron chi connectivity index (χ2n) is 10.6. The predicted octanol–water partition coefficient (Wildman–Crippen LogP) is 6.43. The van der Waals surface area contributed by atoms with Crippen molar-refractivity contribution in [1.82, 2.24) is 4.98 Å². The Labute approximate surface area is 255 Å². The lowest BCUT2D eigenvalue weighted by molar-refractivity contribution is 0.0593. The van der Waals surface area contributed by atoms with Crippen molar-refractivity contribution < 1.29 is 33.8 Å². The molecule has 2 heterocycles. The van der Waals surface area contributed by atoms with Crippen LogP contribution in [0.3, 0.4) is 0 Å². The Morgan fingerprint density at radius 1 is 0.978 bits per heavy atom. The number of fused-ring (bicyclic) bond motifs is 3. The minimum absolute atomic E-state index is 0.0234. The normalized spacial score (nSPS) is 11.2. The molecule has 0 bridgehead atoms. The molecule has 1 aliphatic heterocycles. The zero-order valence-corrected chi connectivity index (χ0v) is 24.4. The lowest BCUT2D eigenvalue weighted by Gasteiger charge is -2.20. The molecule has 0 radical (unpaired) electrons. The summed E-state index contributed by atoms with van der Waals surface area (Å²) in [6.45, 7) is 3.08. The van der Waals surface area contributed by atoms with Crippen molar-refractivity contribution >= 4 is 45.3 Å². The van der Waals surface area contributed by atoms with Crippen LogP contribution in [0.1, 0.15) is 49.3 Å². The number of carboxylic acids is 1. The summed E-state index contributed by atoms with van der Waals surface area (Å²) >= 11 is 0. The number of rotatable bonds is 7. The van der Waals surface area contributed by atoms with E-state index in [0.29, 0.717) is 44.4 Å². The van der Waals surface area contributed by atoms with Crippen molar-refractivity contribution in [2.75, 3.05) is 12.4 Å². The number of carbonyl (C=O) groups is 3. The number of pyridine rings is 1. The Balaban J connectivity index is 1.59. The van der Waals surface area contributed by atoms with Crippen LogP contribution in [0.4, 0.5) is 5.69 Å². The van der Waals surface area contributed by atoms with Gasteiger partial charge < -0.3 is 24.7 Å². The van der Waals surface area contributed by atoms with Gasteiger partial charge >= 0.3 is 11.9 Å². The van der Waals surface area contributed by atoms with E-state index >= 15 is 0 Å². The number of Topliss-reactive ketones (excluding diaryl/α,β-unsaturated/α-hetero) is 1. The first-order valence-electron chi connectivity index (χ1n) is 13.9. The van der Waals surface area contributed by atoms with Gasteiger partial charge in [0.2, 0.25) is 0 Å². The number of ether oxygens (including phenoxy) is 1. The summed E-state index contributed by atoms with van der Waals surface area (Å²) in [6, 6.07) is 19.1. The molecule has 4 aromatic rings. The summed E-state index contributed by atoms with van der Waals surface area (Å²) in [5.41, 5.74) is 3.54. The molecule has 6 rings (SSSR count). The fourth-order valence-electron chi connectivity index (χ4n) is 5.48. The van der Waals surface area contributed by atoms with E-state index < -0.39 is 11.9 Å². The van der Waals surface area contributed by atoms with Crippen LogP contribution in [0.5, 0.6) is 5.75 Å². The van der Waals surface area contributed by atoms with Crippen LogP contribution < -0.4 is 10.7 Å². The Morgan fingerprint density at radius 2 is 1.78 bits per heavy atom. The molecular weight excluding hydrogens is 576 g/mol. The van der Waals surface area contributed by atoms with Crippen molar-refractivity contribution in [1.29, 1.82) is 0 Å². The number of hydrogen-bond donors (Lipinski definition) is 3. The Bertz CT molecular complexity index is 2230. The largest absolute Gasteiger partial charge is 0.507 e. The fraction of sp³-hybridized carbons (Fsp3) is 0.114. The van der Waals surface area contributed by atoms with Gasteiger partial charge in [-0.25, -0.2) is 14.6 Å². The summed E-state index contributed by atoms with van der Waals surface area (Å²) in [7, 11) is 1.28. The third-order valence-electron chi connectivity index (χ3n) is 7.75. The lowest BCUT2D eigenvalue weighted by atomic mass is 9.87. The predicted molar refractivity (Wildman–Crippen MR) is 168 cm³/mol. The van der Waals surface area contributed by atoms with Gasteiger partial charge in [0.05, 0.1) is 29.4 Å². The van der Waals surface area contributed by atoms with Gasteiger partial charge in [-0.3, -0.25) is 9.59 Å². The maximum Gasteiger partial charge on any atom is 0.356 e. The summed E-state index contributed by atoms with van der Waals surface area (Å²) in [5, 5.41) is 25.4. The third kappa shape index (κ3) is 5.12. The molecule has 0 spiro atoms. The van der Waals surface area contributed by atoms with Crippen LogP contribution in [-0.2, 0) is 11.3 Å². The molecule has 10 nitrogen and oxygen atoms in total. The highest BCUT2D eigenvalue weighted by Crippen LogP contribution is 2.44. The number of ketones is 1. The zero-order valence-electron chi connectivity index (χ0n) is 24.4. The Hall–Kier alpha value is -6.03. The van der Waals surface area contributed by atoms with Gasteiger partial charge in [0.1, 0.15) is 22.8 Å². The highest BCUT2D eigenvalue weighted by molar-refractivity contribution is 6.11. The number of phenols is 1. The van der Waals surface area contributed by atoms with Crippen LogP contribution >= 0.6 is 0 Å². The molecule has 1 aliphatic carbocycles. The van der Waals surface area contributed by atoms with E-state index in [4.69, 9.17) is 9.15 Å². The number of hydrogen-bond acceptors (Lipinski definition) is 9. The number of aryl methyl sites for hydroxylation is 1. The number of esters is 1. The number of aromatic hydroxyl groups is 1. The first kappa shape index (κ1) is 29.1.